The Morgan fingerprint density at radius 3 is 2.56 bits per heavy atom. The highest BCUT2D eigenvalue weighted by Gasteiger charge is 2.35. The molecule has 138 valence electrons. The van der Waals surface area contributed by atoms with Crippen LogP contribution in [-0.4, -0.2) is 49.3 Å². The molecule has 1 aliphatic heterocycles. The first kappa shape index (κ1) is 19.2. The Bertz CT molecular complexity index is 767. The molecular weight excluding hydrogens is 344 g/mol. The van der Waals surface area contributed by atoms with E-state index in [0.717, 1.165) is 0 Å². The van der Waals surface area contributed by atoms with E-state index in [2.05, 4.69) is 0 Å². The highest BCUT2D eigenvalue weighted by atomic mass is 32.2. The molecule has 2 amide bonds. The second-order valence-electron chi connectivity index (χ2n) is 7.13. The Labute approximate surface area is 148 Å². The third-order valence-corrected chi connectivity index (χ3v) is 6.09. The number of nitrogens with zero attached hydrogens (tertiary/aromatic N) is 1. The van der Waals surface area contributed by atoms with E-state index in [-0.39, 0.29) is 17.0 Å². The molecule has 1 saturated heterocycles. The second kappa shape index (κ2) is 7.03. The van der Waals surface area contributed by atoms with Gasteiger partial charge in [-0.25, -0.2) is 13.2 Å². The lowest BCUT2D eigenvalue weighted by Crippen LogP contribution is -2.47. The maximum Gasteiger partial charge on any atom is 0.410 e. The minimum atomic E-state index is -3.69. The lowest BCUT2D eigenvalue weighted by atomic mass is 10.1. The lowest BCUT2D eigenvalue weighted by Gasteiger charge is -2.33. The summed E-state index contributed by atoms with van der Waals surface area (Å²) in [4.78, 5) is 25.0. The largest absolute Gasteiger partial charge is 0.444 e. The summed E-state index contributed by atoms with van der Waals surface area (Å²) in [5, 5.41) is -0.739. The predicted molar refractivity (Wildman–Crippen MR) is 93.0 cm³/mol. The van der Waals surface area contributed by atoms with Gasteiger partial charge in [-0.15, -0.1) is 0 Å². The molecule has 1 aromatic rings. The molecule has 8 heteroatoms. The minimum Gasteiger partial charge on any atom is -0.444 e. The van der Waals surface area contributed by atoms with Crippen molar-refractivity contribution >= 4 is 21.8 Å². The Kier molecular flexibility index (Phi) is 5.41. The number of carbonyl (C=O) groups excluding carboxylic acids is 2. The molecule has 1 fully saturated rings. The van der Waals surface area contributed by atoms with Crippen LogP contribution >= 0.6 is 0 Å². The molecule has 1 aliphatic rings. The number of ether oxygens (including phenoxy) is 1. The third-order valence-electron chi connectivity index (χ3n) is 3.92. The van der Waals surface area contributed by atoms with Crippen molar-refractivity contribution in [1.29, 1.82) is 0 Å². The summed E-state index contributed by atoms with van der Waals surface area (Å²) in [6, 6.07) is 5.68. The summed E-state index contributed by atoms with van der Waals surface area (Å²) in [7, 11) is -3.69. The number of amides is 2. The number of benzene rings is 1. The monoisotopic (exact) mass is 368 g/mol. The zero-order valence-electron chi connectivity index (χ0n) is 14.7. The number of rotatable bonds is 3. The number of likely N-dealkylation sites (tertiary alicyclic amines) is 1. The zero-order chi connectivity index (χ0) is 18.8. The smallest absolute Gasteiger partial charge is 0.410 e. The summed E-state index contributed by atoms with van der Waals surface area (Å²) >= 11 is 0. The molecule has 2 rings (SSSR count). The van der Waals surface area contributed by atoms with Crippen molar-refractivity contribution in [3.63, 3.8) is 0 Å². The number of primary amides is 1. The summed E-state index contributed by atoms with van der Waals surface area (Å²) in [6.45, 7) is 5.81. The van der Waals surface area contributed by atoms with Crippen molar-refractivity contribution in [3.8, 4) is 0 Å². The second-order valence-corrected chi connectivity index (χ2v) is 9.36. The van der Waals surface area contributed by atoms with Crippen LogP contribution < -0.4 is 5.73 Å². The van der Waals surface area contributed by atoms with Gasteiger partial charge in [-0.2, -0.15) is 0 Å². The van der Waals surface area contributed by atoms with Crippen LogP contribution in [0.5, 0.6) is 0 Å². The van der Waals surface area contributed by atoms with Crippen molar-refractivity contribution in [2.24, 2.45) is 5.73 Å². The first-order chi connectivity index (χ1) is 11.5. The van der Waals surface area contributed by atoms with E-state index in [1.165, 1.54) is 29.2 Å². The van der Waals surface area contributed by atoms with Gasteiger partial charge in [-0.1, -0.05) is 6.07 Å². The van der Waals surface area contributed by atoms with Crippen molar-refractivity contribution in [1.82, 2.24) is 4.90 Å². The van der Waals surface area contributed by atoms with Gasteiger partial charge >= 0.3 is 6.09 Å². The van der Waals surface area contributed by atoms with E-state index in [1.807, 2.05) is 0 Å². The van der Waals surface area contributed by atoms with Gasteiger partial charge in [0.05, 0.1) is 10.1 Å². The fraction of sp³-hybridized carbons (Fsp3) is 0.529. The molecule has 7 nitrogen and oxygen atoms in total. The molecule has 1 heterocycles. The molecule has 0 spiro atoms. The van der Waals surface area contributed by atoms with Crippen LogP contribution in [0.25, 0.3) is 0 Å². The number of nitrogens with two attached hydrogens (primary N) is 1. The number of hydrogen-bond donors (Lipinski definition) is 1. The molecular formula is C17H24N2O5S. The lowest BCUT2D eigenvalue weighted by molar-refractivity contribution is 0.0219. The molecule has 25 heavy (non-hydrogen) atoms. The molecule has 2 N–H and O–H groups in total. The highest BCUT2D eigenvalue weighted by molar-refractivity contribution is 7.92. The summed E-state index contributed by atoms with van der Waals surface area (Å²) < 4.78 is 31.1. The van der Waals surface area contributed by atoms with Gasteiger partial charge in [0.2, 0.25) is 5.91 Å². The van der Waals surface area contributed by atoms with Crippen LogP contribution in [0, 0.1) is 0 Å². The van der Waals surface area contributed by atoms with Gasteiger partial charge < -0.3 is 15.4 Å². The first-order valence-electron chi connectivity index (χ1n) is 8.12. The van der Waals surface area contributed by atoms with E-state index in [1.54, 1.807) is 20.8 Å². The average Bonchev–Trinajstić information content (AvgIpc) is 2.53. The minimum absolute atomic E-state index is 0.0415. The molecule has 0 aliphatic carbocycles. The average molecular weight is 368 g/mol. The van der Waals surface area contributed by atoms with Crippen LogP contribution in [0.4, 0.5) is 4.79 Å². The summed E-state index contributed by atoms with van der Waals surface area (Å²) in [5.41, 5.74) is 4.72. The number of piperidine rings is 1. The maximum atomic E-state index is 12.9. The van der Waals surface area contributed by atoms with Gasteiger partial charge in [0.15, 0.2) is 9.84 Å². The Balaban J connectivity index is 2.21. The van der Waals surface area contributed by atoms with E-state index in [9.17, 15) is 18.0 Å². The Hall–Kier alpha value is -2.09. The predicted octanol–water partition coefficient (Wildman–Crippen LogP) is 1.96. The van der Waals surface area contributed by atoms with Crippen LogP contribution in [0.3, 0.4) is 0 Å². The van der Waals surface area contributed by atoms with Crippen LogP contribution in [0.2, 0.25) is 0 Å². The van der Waals surface area contributed by atoms with Crippen molar-refractivity contribution in [2.75, 3.05) is 13.1 Å². The van der Waals surface area contributed by atoms with Crippen LogP contribution in [0.15, 0.2) is 29.2 Å². The molecule has 1 aromatic carbocycles. The highest BCUT2D eigenvalue weighted by Crippen LogP contribution is 2.25. The SMILES string of the molecule is CC(C)(C)OC(=O)N1CCC[C@@H](S(=O)(=O)c2cccc(C(N)=O)c2)C1. The van der Waals surface area contributed by atoms with Gasteiger partial charge in [-0.05, 0) is 51.8 Å². The number of sulfone groups is 1. The molecule has 0 bridgehead atoms. The van der Waals surface area contributed by atoms with E-state index >= 15 is 0 Å². The molecule has 1 atom stereocenters. The van der Waals surface area contributed by atoms with Gasteiger partial charge in [0.1, 0.15) is 5.60 Å². The fourth-order valence-electron chi connectivity index (χ4n) is 2.70. The van der Waals surface area contributed by atoms with Crippen molar-refractivity contribution in [2.45, 2.75) is 49.4 Å². The molecule has 0 aromatic heterocycles. The molecule has 0 unspecified atom stereocenters. The third kappa shape index (κ3) is 4.72. The zero-order valence-corrected chi connectivity index (χ0v) is 15.5. The fourth-order valence-corrected chi connectivity index (χ4v) is 4.50. The molecule has 0 saturated carbocycles. The van der Waals surface area contributed by atoms with E-state index < -0.39 is 32.7 Å². The number of carbonyl (C=O) groups is 2. The number of hydrogen-bond acceptors (Lipinski definition) is 5. The van der Waals surface area contributed by atoms with Gasteiger partial charge in [0.25, 0.3) is 0 Å². The molecule has 0 radical (unpaired) electrons. The summed E-state index contributed by atoms with van der Waals surface area (Å²) in [5.74, 6) is -0.684. The quantitative estimate of drug-likeness (QED) is 0.877. The standard InChI is InChI=1S/C17H24N2O5S/c1-17(2,3)24-16(21)19-9-5-8-14(11-19)25(22,23)13-7-4-6-12(10-13)15(18)20/h4,6-7,10,14H,5,8-9,11H2,1-3H3,(H2,18,20)/t14-/m1/s1. The summed E-state index contributed by atoms with van der Waals surface area (Å²) in [6.07, 6.45) is 0.499. The van der Waals surface area contributed by atoms with Crippen molar-refractivity contribution < 1.29 is 22.7 Å². The maximum absolute atomic E-state index is 12.9. The topological polar surface area (TPSA) is 107 Å². The van der Waals surface area contributed by atoms with Gasteiger partial charge in [-0.3, -0.25) is 4.79 Å². The van der Waals surface area contributed by atoms with Crippen LogP contribution in [-0.2, 0) is 14.6 Å². The van der Waals surface area contributed by atoms with E-state index in [4.69, 9.17) is 10.5 Å². The van der Waals surface area contributed by atoms with Gasteiger partial charge in [0, 0.05) is 18.7 Å². The van der Waals surface area contributed by atoms with Crippen LogP contribution in [0.1, 0.15) is 44.0 Å². The van der Waals surface area contributed by atoms with Crippen molar-refractivity contribution in [3.05, 3.63) is 29.8 Å². The Morgan fingerprint density at radius 1 is 1.28 bits per heavy atom. The Morgan fingerprint density at radius 2 is 1.96 bits per heavy atom. The normalized spacial score (nSPS) is 18.7. The first-order valence-corrected chi connectivity index (χ1v) is 9.67. The van der Waals surface area contributed by atoms with E-state index in [0.29, 0.717) is 19.4 Å².